The van der Waals surface area contributed by atoms with Crippen LogP contribution in [0.15, 0.2) is 48.5 Å². The van der Waals surface area contributed by atoms with Crippen molar-refractivity contribution in [1.82, 2.24) is 15.5 Å². The third kappa shape index (κ3) is 9.95. The van der Waals surface area contributed by atoms with Gasteiger partial charge in [0.05, 0.1) is 18.1 Å². The Hall–Kier alpha value is -3.23. The summed E-state index contributed by atoms with van der Waals surface area (Å²) in [6, 6.07) is 13.6. The molecular weight excluding hydrogens is 530 g/mol. The van der Waals surface area contributed by atoms with Crippen molar-refractivity contribution in [3.05, 3.63) is 70.8 Å². The first kappa shape index (κ1) is 35.0. The van der Waals surface area contributed by atoms with E-state index < -0.39 is 30.1 Å². The molecule has 0 bridgehead atoms. The second kappa shape index (κ2) is 17.0. The Balaban J connectivity index is 2.39. The largest absolute Gasteiger partial charge is 0.390 e. The first-order valence-corrected chi connectivity index (χ1v) is 15.3. The zero-order chi connectivity index (χ0) is 31.4. The Bertz CT molecular complexity index is 1150. The number of hydrogen-bond acceptors (Lipinski definition) is 5. The van der Waals surface area contributed by atoms with Crippen LogP contribution in [0, 0.1) is 24.7 Å². The first-order valence-electron chi connectivity index (χ1n) is 15.3. The Morgan fingerprint density at radius 1 is 0.881 bits per heavy atom. The normalized spacial score (nSPS) is 14.3. The van der Waals surface area contributed by atoms with Crippen LogP contribution in [0.2, 0.25) is 0 Å². The molecule has 0 aromatic heterocycles. The van der Waals surface area contributed by atoms with Crippen molar-refractivity contribution in [3.8, 4) is 0 Å². The summed E-state index contributed by atoms with van der Waals surface area (Å²) in [5.74, 6) is -1.82. The van der Waals surface area contributed by atoms with Crippen LogP contribution in [0.3, 0.4) is 0 Å². The van der Waals surface area contributed by atoms with E-state index in [2.05, 4.69) is 10.6 Å². The highest BCUT2D eigenvalue weighted by atomic mass is 16.3. The number of nitrogens with one attached hydrogen (secondary N) is 2. The molecule has 0 heterocycles. The number of amides is 3. The summed E-state index contributed by atoms with van der Waals surface area (Å²) < 4.78 is 0. The molecular formula is C34H51N3O5. The van der Waals surface area contributed by atoms with E-state index in [1.807, 2.05) is 71.9 Å². The fourth-order valence-electron chi connectivity index (χ4n) is 5.13. The van der Waals surface area contributed by atoms with E-state index in [9.17, 15) is 24.6 Å². The van der Waals surface area contributed by atoms with Crippen molar-refractivity contribution in [1.29, 1.82) is 0 Å². The van der Waals surface area contributed by atoms with Crippen LogP contribution in [0.1, 0.15) is 86.2 Å². The summed E-state index contributed by atoms with van der Waals surface area (Å²) in [5, 5.41) is 28.6. The molecule has 2 aromatic carbocycles. The fourth-order valence-corrected chi connectivity index (χ4v) is 5.13. The zero-order valence-corrected chi connectivity index (χ0v) is 26.4. The van der Waals surface area contributed by atoms with Gasteiger partial charge in [-0.2, -0.15) is 0 Å². The van der Waals surface area contributed by atoms with Crippen molar-refractivity contribution < 1.29 is 24.6 Å². The maximum atomic E-state index is 13.7. The van der Waals surface area contributed by atoms with Crippen molar-refractivity contribution in [3.63, 3.8) is 0 Å². The average Bonchev–Trinajstić information content (AvgIpc) is 2.95. The van der Waals surface area contributed by atoms with Crippen LogP contribution in [0.5, 0.6) is 0 Å². The topological polar surface area (TPSA) is 119 Å². The molecule has 0 unspecified atom stereocenters. The number of rotatable bonds is 16. The van der Waals surface area contributed by atoms with Gasteiger partial charge in [0.25, 0.3) is 11.8 Å². The minimum atomic E-state index is -1.43. The molecule has 8 heteroatoms. The van der Waals surface area contributed by atoms with E-state index in [0.717, 1.165) is 18.4 Å². The highest BCUT2D eigenvalue weighted by Gasteiger charge is 2.38. The third-order valence-electron chi connectivity index (χ3n) is 7.45. The van der Waals surface area contributed by atoms with Gasteiger partial charge < -0.3 is 25.7 Å². The number of nitrogens with zero attached hydrogens (tertiary/aromatic N) is 1. The van der Waals surface area contributed by atoms with Gasteiger partial charge in [0.15, 0.2) is 0 Å². The molecule has 232 valence electrons. The number of aliphatic hydroxyl groups excluding tert-OH is 2. The predicted octanol–water partition coefficient (Wildman–Crippen LogP) is 4.36. The second-order valence-electron chi connectivity index (χ2n) is 12.0. The molecule has 0 aliphatic rings. The maximum Gasteiger partial charge on any atom is 0.253 e. The highest BCUT2D eigenvalue weighted by molar-refractivity contribution is 6.00. The number of aliphatic hydroxyl groups is 2. The summed E-state index contributed by atoms with van der Waals surface area (Å²) in [4.78, 5) is 41.8. The SMILES string of the molecule is CCCN(CCC)C(=O)c1ccc(C)c(C(=O)N[C@@H](Cc2ccccc2)[C@@H](O)[C@H](O)[C@H](C(=O)NCC(C)C)C(C)C)c1. The van der Waals surface area contributed by atoms with Crippen LogP contribution < -0.4 is 10.6 Å². The minimum Gasteiger partial charge on any atom is -0.390 e. The van der Waals surface area contributed by atoms with Gasteiger partial charge in [-0.1, -0.05) is 77.9 Å². The smallest absolute Gasteiger partial charge is 0.253 e. The molecule has 0 saturated carbocycles. The molecule has 0 fully saturated rings. The summed E-state index contributed by atoms with van der Waals surface area (Å²) in [5.41, 5.74) is 2.29. The summed E-state index contributed by atoms with van der Waals surface area (Å²) in [6.45, 7) is 15.2. The monoisotopic (exact) mass is 581 g/mol. The lowest BCUT2D eigenvalue weighted by Gasteiger charge is -2.34. The molecule has 0 spiro atoms. The van der Waals surface area contributed by atoms with Crippen LogP contribution in [0.25, 0.3) is 0 Å². The van der Waals surface area contributed by atoms with Crippen LogP contribution in [0.4, 0.5) is 0 Å². The number of benzene rings is 2. The summed E-state index contributed by atoms with van der Waals surface area (Å²) >= 11 is 0. The minimum absolute atomic E-state index is 0.128. The lowest BCUT2D eigenvalue weighted by molar-refractivity contribution is -0.135. The molecule has 8 nitrogen and oxygen atoms in total. The van der Waals surface area contributed by atoms with E-state index in [-0.39, 0.29) is 30.1 Å². The average molecular weight is 582 g/mol. The van der Waals surface area contributed by atoms with Crippen molar-refractivity contribution >= 4 is 17.7 Å². The predicted molar refractivity (Wildman–Crippen MR) is 167 cm³/mol. The van der Waals surface area contributed by atoms with E-state index in [1.165, 1.54) is 0 Å². The highest BCUT2D eigenvalue weighted by Crippen LogP contribution is 2.23. The van der Waals surface area contributed by atoms with Crippen LogP contribution in [-0.4, -0.2) is 70.7 Å². The number of aryl methyl sites for hydroxylation is 1. The molecule has 2 aromatic rings. The molecule has 42 heavy (non-hydrogen) atoms. The molecule has 4 N–H and O–H groups in total. The lowest BCUT2D eigenvalue weighted by atomic mass is 9.83. The molecule has 0 radical (unpaired) electrons. The Kier molecular flexibility index (Phi) is 14.2. The second-order valence-corrected chi connectivity index (χ2v) is 12.0. The molecule has 0 aliphatic carbocycles. The van der Waals surface area contributed by atoms with Crippen LogP contribution in [-0.2, 0) is 11.2 Å². The Morgan fingerprint density at radius 2 is 1.50 bits per heavy atom. The van der Waals surface area contributed by atoms with Gasteiger partial charge in [-0.25, -0.2) is 0 Å². The Morgan fingerprint density at radius 3 is 2.05 bits per heavy atom. The van der Waals surface area contributed by atoms with Gasteiger partial charge in [-0.15, -0.1) is 0 Å². The maximum absolute atomic E-state index is 13.7. The standard InChI is InChI=1S/C34H51N3O5/c1-8-17-37(18-9-2)34(42)26-16-15-24(7)27(20-26)32(40)36-28(19-25-13-11-10-12-14-25)30(38)31(39)29(23(5)6)33(41)35-21-22(3)4/h10-16,20,22-23,28-31,38-39H,8-9,17-19,21H2,1-7H3,(H,35,41)(H,36,40)/t28-,29+,30+,31+/m0/s1. The Labute approximate surface area is 251 Å². The quantitative estimate of drug-likeness (QED) is 0.235. The molecule has 0 saturated heterocycles. The first-order chi connectivity index (χ1) is 19.9. The molecule has 2 rings (SSSR count). The summed E-state index contributed by atoms with van der Waals surface area (Å²) in [6.07, 6.45) is -0.946. The van der Waals surface area contributed by atoms with E-state index in [1.54, 1.807) is 30.0 Å². The molecule has 4 atom stereocenters. The van der Waals surface area contributed by atoms with Gasteiger partial charge in [0.1, 0.15) is 6.10 Å². The summed E-state index contributed by atoms with van der Waals surface area (Å²) in [7, 11) is 0. The van der Waals surface area contributed by atoms with Gasteiger partial charge >= 0.3 is 0 Å². The van der Waals surface area contributed by atoms with Crippen molar-refractivity contribution in [2.75, 3.05) is 19.6 Å². The lowest BCUT2D eigenvalue weighted by Crippen LogP contribution is -2.55. The number of hydrogen-bond donors (Lipinski definition) is 4. The van der Waals surface area contributed by atoms with Gasteiger partial charge in [-0.3, -0.25) is 14.4 Å². The third-order valence-corrected chi connectivity index (χ3v) is 7.45. The fraction of sp³-hybridized carbons (Fsp3) is 0.559. The number of carbonyl (C=O) groups excluding carboxylic acids is 3. The van der Waals surface area contributed by atoms with Crippen molar-refractivity contribution in [2.45, 2.75) is 86.0 Å². The van der Waals surface area contributed by atoms with E-state index in [0.29, 0.717) is 36.3 Å². The van der Waals surface area contributed by atoms with Gasteiger partial charge in [0.2, 0.25) is 5.91 Å². The van der Waals surface area contributed by atoms with E-state index in [4.69, 9.17) is 0 Å². The molecule has 3 amide bonds. The van der Waals surface area contributed by atoms with Gasteiger partial charge in [-0.05, 0) is 61.3 Å². The van der Waals surface area contributed by atoms with Gasteiger partial charge in [0, 0.05) is 30.8 Å². The van der Waals surface area contributed by atoms with Crippen LogP contribution >= 0.6 is 0 Å². The zero-order valence-electron chi connectivity index (χ0n) is 26.4. The number of carbonyl (C=O) groups is 3. The van der Waals surface area contributed by atoms with E-state index >= 15 is 0 Å². The van der Waals surface area contributed by atoms with Crippen molar-refractivity contribution in [2.24, 2.45) is 17.8 Å². The molecule has 0 aliphatic heterocycles.